The van der Waals surface area contributed by atoms with E-state index in [1.54, 1.807) is 24.3 Å². The number of ether oxygens (including phenoxy) is 2. The van der Waals surface area contributed by atoms with Crippen molar-refractivity contribution in [3.05, 3.63) is 95.6 Å². The molecule has 0 spiro atoms. The van der Waals surface area contributed by atoms with Gasteiger partial charge in [0.05, 0.1) is 18.9 Å². The first-order valence-corrected chi connectivity index (χ1v) is 10.4. The smallest absolute Gasteiger partial charge is 0.282 e. The van der Waals surface area contributed by atoms with Crippen LogP contribution in [-0.2, 0) is 9.59 Å². The van der Waals surface area contributed by atoms with Crippen LogP contribution in [0.5, 0.6) is 11.5 Å². The van der Waals surface area contributed by atoms with E-state index in [1.165, 1.54) is 5.01 Å². The van der Waals surface area contributed by atoms with Crippen molar-refractivity contribution >= 4 is 23.6 Å². The zero-order valence-corrected chi connectivity index (χ0v) is 17.8. The Balaban J connectivity index is 1.34. The number of hydrogen-bond acceptors (Lipinski definition) is 4. The maximum absolute atomic E-state index is 12.7. The number of rotatable bonds is 8. The van der Waals surface area contributed by atoms with E-state index in [0.29, 0.717) is 30.2 Å². The molecule has 162 valence electrons. The molecule has 6 heteroatoms. The first-order chi connectivity index (χ1) is 15.6. The minimum absolute atomic E-state index is 0.0811. The van der Waals surface area contributed by atoms with E-state index in [2.05, 4.69) is 5.43 Å². The Morgan fingerprint density at radius 2 is 1.53 bits per heavy atom. The number of aryl methyl sites for hydroxylation is 1. The molecule has 0 aliphatic carbocycles. The second-order valence-corrected chi connectivity index (χ2v) is 7.41. The van der Waals surface area contributed by atoms with Gasteiger partial charge < -0.3 is 9.47 Å². The Bertz CT molecular complexity index is 1140. The summed E-state index contributed by atoms with van der Waals surface area (Å²) in [6, 6.07) is 24.2. The van der Waals surface area contributed by atoms with Crippen molar-refractivity contribution in [2.45, 2.75) is 13.3 Å². The Kier molecular flexibility index (Phi) is 6.51. The summed E-state index contributed by atoms with van der Waals surface area (Å²) in [5.74, 6) is 0.697. The van der Waals surface area contributed by atoms with E-state index < -0.39 is 5.91 Å². The number of carbonyl (C=O) groups is 2. The standard InChI is InChI=1S/C26H24N2O4/c1-19-8-5-12-22(16-19)31-14-7-15-32-23-13-6-9-20(17-23)18-24-25(29)27-28(26(24)30)21-10-3-2-4-11-21/h2-6,8-13,16-18H,7,14-15H2,1H3,(H,27,29)/b24-18-. The van der Waals surface area contributed by atoms with Crippen LogP contribution in [0, 0.1) is 6.92 Å². The molecular weight excluding hydrogens is 404 g/mol. The topological polar surface area (TPSA) is 67.9 Å². The molecule has 0 radical (unpaired) electrons. The minimum atomic E-state index is -0.432. The summed E-state index contributed by atoms with van der Waals surface area (Å²) in [6.07, 6.45) is 2.31. The van der Waals surface area contributed by atoms with Gasteiger partial charge in [-0.15, -0.1) is 0 Å². The summed E-state index contributed by atoms with van der Waals surface area (Å²) in [7, 11) is 0. The molecule has 1 heterocycles. The van der Waals surface area contributed by atoms with Crippen LogP contribution in [0.2, 0.25) is 0 Å². The first-order valence-electron chi connectivity index (χ1n) is 10.4. The van der Waals surface area contributed by atoms with Crippen LogP contribution >= 0.6 is 0 Å². The van der Waals surface area contributed by atoms with Gasteiger partial charge in [0.25, 0.3) is 11.8 Å². The highest BCUT2D eigenvalue weighted by Crippen LogP contribution is 2.22. The summed E-state index contributed by atoms with van der Waals surface area (Å²) >= 11 is 0. The highest BCUT2D eigenvalue weighted by molar-refractivity contribution is 6.31. The average molecular weight is 428 g/mol. The summed E-state index contributed by atoms with van der Waals surface area (Å²) < 4.78 is 11.5. The van der Waals surface area contributed by atoms with Crippen LogP contribution in [0.4, 0.5) is 5.69 Å². The van der Waals surface area contributed by atoms with Crippen LogP contribution in [0.1, 0.15) is 17.5 Å². The molecular formula is C26H24N2O4. The molecule has 32 heavy (non-hydrogen) atoms. The number of nitrogens with one attached hydrogen (secondary N) is 1. The van der Waals surface area contributed by atoms with Gasteiger partial charge in [0.2, 0.25) is 0 Å². The molecule has 1 N–H and O–H groups in total. The van der Waals surface area contributed by atoms with E-state index in [9.17, 15) is 9.59 Å². The van der Waals surface area contributed by atoms with E-state index in [1.807, 2.05) is 67.6 Å². The molecule has 0 unspecified atom stereocenters. The summed E-state index contributed by atoms with van der Waals surface area (Å²) in [4.78, 5) is 25.1. The normalized spacial score (nSPS) is 14.5. The van der Waals surface area contributed by atoms with Crippen molar-refractivity contribution in [1.29, 1.82) is 0 Å². The maximum Gasteiger partial charge on any atom is 0.282 e. The van der Waals surface area contributed by atoms with Gasteiger partial charge in [0.15, 0.2) is 0 Å². The second kappa shape index (κ2) is 9.83. The largest absolute Gasteiger partial charge is 0.493 e. The van der Waals surface area contributed by atoms with Crippen molar-refractivity contribution in [3.8, 4) is 11.5 Å². The quantitative estimate of drug-likeness (QED) is 0.330. The van der Waals surface area contributed by atoms with Crippen molar-refractivity contribution in [1.82, 2.24) is 5.43 Å². The van der Waals surface area contributed by atoms with Gasteiger partial charge in [0.1, 0.15) is 17.1 Å². The number of amides is 2. The monoisotopic (exact) mass is 428 g/mol. The van der Waals surface area contributed by atoms with E-state index >= 15 is 0 Å². The van der Waals surface area contributed by atoms with Gasteiger partial charge in [0, 0.05) is 6.42 Å². The molecule has 0 saturated carbocycles. The van der Waals surface area contributed by atoms with E-state index in [4.69, 9.17) is 9.47 Å². The van der Waals surface area contributed by atoms with Crippen LogP contribution in [-0.4, -0.2) is 25.0 Å². The Morgan fingerprint density at radius 1 is 0.844 bits per heavy atom. The van der Waals surface area contributed by atoms with Crippen molar-refractivity contribution < 1.29 is 19.1 Å². The van der Waals surface area contributed by atoms with Gasteiger partial charge in [-0.3, -0.25) is 15.0 Å². The highest BCUT2D eigenvalue weighted by Gasteiger charge is 2.34. The number of hydrogen-bond donors (Lipinski definition) is 1. The Hall–Kier alpha value is -4.06. The fraction of sp³-hybridized carbons (Fsp3) is 0.154. The Labute approximate surface area is 187 Å². The third kappa shape index (κ3) is 5.16. The van der Waals surface area contributed by atoms with Crippen molar-refractivity contribution in [2.24, 2.45) is 0 Å². The molecule has 3 aromatic carbocycles. The van der Waals surface area contributed by atoms with Crippen LogP contribution in [0.3, 0.4) is 0 Å². The summed E-state index contributed by atoms with van der Waals surface area (Å²) in [5.41, 5.74) is 5.17. The number of carbonyl (C=O) groups excluding carboxylic acids is 2. The second-order valence-electron chi connectivity index (χ2n) is 7.41. The molecule has 6 nitrogen and oxygen atoms in total. The first kappa shape index (κ1) is 21.2. The molecule has 1 saturated heterocycles. The fourth-order valence-electron chi connectivity index (χ4n) is 3.32. The van der Waals surface area contributed by atoms with Gasteiger partial charge in [-0.05, 0) is 60.5 Å². The molecule has 1 aliphatic heterocycles. The predicted molar refractivity (Wildman–Crippen MR) is 123 cm³/mol. The highest BCUT2D eigenvalue weighted by atomic mass is 16.5. The minimum Gasteiger partial charge on any atom is -0.493 e. The van der Waals surface area contributed by atoms with Gasteiger partial charge in [-0.1, -0.05) is 42.5 Å². The number of para-hydroxylation sites is 1. The third-order valence-electron chi connectivity index (χ3n) is 4.89. The van der Waals surface area contributed by atoms with E-state index in [0.717, 1.165) is 17.7 Å². The number of hydrazine groups is 1. The number of nitrogens with zero attached hydrogens (tertiary/aromatic N) is 1. The molecule has 3 aromatic rings. The SMILES string of the molecule is Cc1cccc(OCCCOc2cccc(/C=C3/C(=O)NN(c4ccccc4)C3=O)c2)c1. The van der Waals surface area contributed by atoms with Crippen LogP contribution in [0.15, 0.2) is 84.4 Å². The summed E-state index contributed by atoms with van der Waals surface area (Å²) in [6.45, 7) is 3.07. The van der Waals surface area contributed by atoms with Gasteiger partial charge in [-0.2, -0.15) is 0 Å². The molecule has 0 aromatic heterocycles. The predicted octanol–water partition coefficient (Wildman–Crippen LogP) is 4.30. The zero-order valence-electron chi connectivity index (χ0n) is 17.8. The molecule has 2 amide bonds. The van der Waals surface area contributed by atoms with Gasteiger partial charge >= 0.3 is 0 Å². The van der Waals surface area contributed by atoms with Crippen LogP contribution < -0.4 is 19.9 Å². The lowest BCUT2D eigenvalue weighted by Crippen LogP contribution is -2.35. The van der Waals surface area contributed by atoms with Crippen LogP contribution in [0.25, 0.3) is 6.08 Å². The fourth-order valence-corrected chi connectivity index (χ4v) is 3.32. The van der Waals surface area contributed by atoms with Crippen molar-refractivity contribution in [2.75, 3.05) is 18.2 Å². The molecule has 1 aliphatic rings. The summed E-state index contributed by atoms with van der Waals surface area (Å²) in [5, 5.41) is 1.25. The Morgan fingerprint density at radius 3 is 2.25 bits per heavy atom. The number of anilines is 1. The molecule has 1 fully saturated rings. The average Bonchev–Trinajstić information content (AvgIpc) is 3.08. The molecule has 4 rings (SSSR count). The molecule has 0 bridgehead atoms. The molecule has 0 atom stereocenters. The third-order valence-corrected chi connectivity index (χ3v) is 4.89. The lowest BCUT2D eigenvalue weighted by molar-refractivity contribution is -0.117. The zero-order chi connectivity index (χ0) is 22.3. The van der Waals surface area contributed by atoms with Gasteiger partial charge in [-0.25, -0.2) is 5.01 Å². The van der Waals surface area contributed by atoms with E-state index in [-0.39, 0.29) is 11.5 Å². The number of benzene rings is 3. The lowest BCUT2D eigenvalue weighted by Gasteiger charge is -2.13. The lowest BCUT2D eigenvalue weighted by atomic mass is 10.1. The van der Waals surface area contributed by atoms with Crippen molar-refractivity contribution in [3.63, 3.8) is 0 Å². The maximum atomic E-state index is 12.7.